The van der Waals surface area contributed by atoms with E-state index in [1.54, 1.807) is 24.3 Å². The zero-order valence-electron chi connectivity index (χ0n) is 21.7. The lowest BCUT2D eigenvalue weighted by Crippen LogP contribution is -2.69. The van der Waals surface area contributed by atoms with Gasteiger partial charge in [0.2, 0.25) is 0 Å². The minimum Gasteiger partial charge on any atom is -0.373 e. The van der Waals surface area contributed by atoms with Gasteiger partial charge in [-0.15, -0.1) is 0 Å². The van der Waals surface area contributed by atoms with Crippen molar-refractivity contribution in [2.24, 2.45) is 5.92 Å². The van der Waals surface area contributed by atoms with Gasteiger partial charge in [0.05, 0.1) is 34.1 Å². The highest BCUT2D eigenvalue weighted by Gasteiger charge is 2.53. The zero-order valence-corrected chi connectivity index (χ0v) is 24.0. The fraction of sp³-hybridized carbons (Fsp3) is 0.429. The van der Waals surface area contributed by atoms with Crippen molar-refractivity contribution < 1.29 is 26.9 Å². The molecular formula is C28H28Cl2FN3O5S. The first-order valence-electron chi connectivity index (χ1n) is 13.2. The van der Waals surface area contributed by atoms with Crippen LogP contribution in [-0.4, -0.2) is 56.7 Å². The summed E-state index contributed by atoms with van der Waals surface area (Å²) in [4.78, 5) is 14.4. The van der Waals surface area contributed by atoms with Crippen LogP contribution in [0.1, 0.15) is 46.9 Å². The lowest BCUT2D eigenvalue weighted by molar-refractivity contribution is -0.0952. The van der Waals surface area contributed by atoms with Crippen LogP contribution in [0.3, 0.4) is 0 Å². The van der Waals surface area contributed by atoms with Crippen molar-refractivity contribution in [1.82, 2.24) is 10.5 Å². The summed E-state index contributed by atoms with van der Waals surface area (Å²) in [5.74, 6) is 0.0200. The van der Waals surface area contributed by atoms with E-state index >= 15 is 0 Å². The molecule has 3 aliphatic rings. The monoisotopic (exact) mass is 607 g/mol. The number of hydrogen-bond acceptors (Lipinski definition) is 7. The lowest BCUT2D eigenvalue weighted by atomic mass is 9.68. The number of carbonyl (C=O) groups excluding carboxylic acids is 1. The topological polar surface area (TPSA) is 102 Å². The van der Waals surface area contributed by atoms with Crippen LogP contribution in [0.25, 0.3) is 11.3 Å². The van der Waals surface area contributed by atoms with Crippen LogP contribution in [0.15, 0.2) is 40.9 Å². The molecular weight excluding hydrogens is 580 g/mol. The maximum atomic E-state index is 14.8. The van der Waals surface area contributed by atoms with Crippen molar-refractivity contribution in [1.29, 1.82) is 0 Å². The fourth-order valence-electron chi connectivity index (χ4n) is 5.50. The Balaban J connectivity index is 1.07. The van der Waals surface area contributed by atoms with Crippen molar-refractivity contribution in [2.75, 3.05) is 30.0 Å². The number of amides is 1. The van der Waals surface area contributed by atoms with E-state index in [1.165, 1.54) is 12.1 Å². The maximum Gasteiger partial charge on any atom is 0.254 e. The Morgan fingerprint density at radius 2 is 1.98 bits per heavy atom. The van der Waals surface area contributed by atoms with Crippen molar-refractivity contribution in [3.8, 4) is 11.3 Å². The van der Waals surface area contributed by atoms with Crippen LogP contribution >= 0.6 is 23.2 Å². The summed E-state index contributed by atoms with van der Waals surface area (Å²) in [5.41, 5.74) is 2.76. The fourth-order valence-corrected chi connectivity index (χ4v) is 6.55. The van der Waals surface area contributed by atoms with Crippen LogP contribution in [0.4, 0.5) is 10.1 Å². The molecule has 3 atom stereocenters. The molecule has 2 heterocycles. The molecule has 1 aliphatic heterocycles. The predicted octanol–water partition coefficient (Wildman–Crippen LogP) is 5.23. The van der Waals surface area contributed by atoms with E-state index in [2.05, 4.69) is 15.4 Å². The zero-order chi connectivity index (χ0) is 28.2. The molecule has 40 heavy (non-hydrogen) atoms. The van der Waals surface area contributed by atoms with E-state index in [1.807, 2.05) is 0 Å². The van der Waals surface area contributed by atoms with Crippen LogP contribution in [0.5, 0.6) is 0 Å². The van der Waals surface area contributed by atoms with Gasteiger partial charge in [0.25, 0.3) is 5.91 Å². The van der Waals surface area contributed by atoms with Gasteiger partial charge < -0.3 is 19.5 Å². The SMILES string of the molecule is CS(=O)(=O)CCNC(=O)c1ccc(N2CC3[C@H]2C[C@H]3OCc2c(-c3c(Cl)cccc3Cl)noc2C2CC2)cc1F. The third kappa shape index (κ3) is 5.34. The number of sulfone groups is 1. The van der Waals surface area contributed by atoms with E-state index in [-0.39, 0.29) is 30.0 Å². The van der Waals surface area contributed by atoms with E-state index in [0.29, 0.717) is 45.4 Å². The molecule has 0 radical (unpaired) electrons. The third-order valence-electron chi connectivity index (χ3n) is 7.95. The first kappa shape index (κ1) is 27.5. The van der Waals surface area contributed by atoms with Gasteiger partial charge in [-0.05, 0) is 49.6 Å². The number of carbonyl (C=O) groups is 1. The smallest absolute Gasteiger partial charge is 0.254 e. The average molecular weight is 609 g/mol. The van der Waals surface area contributed by atoms with Crippen molar-refractivity contribution in [2.45, 2.75) is 43.9 Å². The van der Waals surface area contributed by atoms with Gasteiger partial charge in [-0.1, -0.05) is 34.4 Å². The van der Waals surface area contributed by atoms with Gasteiger partial charge >= 0.3 is 0 Å². The molecule has 212 valence electrons. The molecule has 1 saturated heterocycles. The first-order chi connectivity index (χ1) is 19.1. The molecule has 1 unspecified atom stereocenters. The lowest BCUT2D eigenvalue weighted by Gasteiger charge is -2.60. The number of aromatic nitrogens is 1. The molecule has 3 aromatic rings. The number of hydrogen-bond donors (Lipinski definition) is 1. The number of ether oxygens (including phenoxy) is 1. The van der Waals surface area contributed by atoms with Crippen LogP contribution in [0, 0.1) is 11.7 Å². The predicted molar refractivity (Wildman–Crippen MR) is 150 cm³/mol. The van der Waals surface area contributed by atoms with E-state index in [4.69, 9.17) is 32.5 Å². The number of nitrogens with zero attached hydrogens (tertiary/aromatic N) is 2. The number of piperidine rings is 1. The number of nitrogens with one attached hydrogen (secondary N) is 1. The van der Waals surface area contributed by atoms with Gasteiger partial charge in [0.1, 0.15) is 27.1 Å². The Kier molecular flexibility index (Phi) is 7.31. The Morgan fingerprint density at radius 1 is 1.23 bits per heavy atom. The third-order valence-corrected chi connectivity index (χ3v) is 9.52. The first-order valence-corrected chi connectivity index (χ1v) is 16.0. The second-order valence-electron chi connectivity index (χ2n) is 10.8. The summed E-state index contributed by atoms with van der Waals surface area (Å²) in [6.45, 7) is 0.995. The van der Waals surface area contributed by atoms with Gasteiger partial charge in [-0.25, -0.2) is 12.8 Å². The van der Waals surface area contributed by atoms with E-state index in [0.717, 1.165) is 43.4 Å². The summed E-state index contributed by atoms with van der Waals surface area (Å²) < 4.78 is 49.3. The minimum absolute atomic E-state index is 0.0579. The molecule has 2 saturated carbocycles. The second-order valence-corrected chi connectivity index (χ2v) is 13.8. The standard InChI is InChI=1S/C28H28Cl2FN3O5S/c1-40(36,37)10-9-32-28(35)17-8-7-16(11-22(17)31)34-13-18-23(34)12-24(18)38-14-19-26(33-39-27(19)15-5-6-15)25-20(29)3-2-4-21(25)30/h2-4,7-8,11,15,18,23-24H,5-6,9-10,12-14H2,1H3,(H,32,35)/t18?,23-,24-/m1/s1. The summed E-state index contributed by atoms with van der Waals surface area (Å²) in [7, 11) is -3.22. The van der Waals surface area contributed by atoms with E-state index in [9.17, 15) is 17.6 Å². The second kappa shape index (κ2) is 10.6. The summed E-state index contributed by atoms with van der Waals surface area (Å²) in [6.07, 6.45) is 4.05. The highest BCUT2D eigenvalue weighted by Crippen LogP contribution is 2.49. The molecule has 2 aromatic carbocycles. The molecule has 3 fully saturated rings. The largest absolute Gasteiger partial charge is 0.373 e. The maximum absolute atomic E-state index is 14.8. The average Bonchev–Trinajstić information content (AvgIpc) is 3.64. The molecule has 0 spiro atoms. The number of fused-ring (bicyclic) bond motifs is 1. The van der Waals surface area contributed by atoms with Gasteiger partial charge in [0, 0.05) is 54.0 Å². The normalized spacial score (nSPS) is 21.9. The molecule has 0 bridgehead atoms. The van der Waals surface area contributed by atoms with Crippen molar-refractivity contribution in [3.63, 3.8) is 0 Å². The highest BCUT2D eigenvalue weighted by atomic mass is 35.5. The van der Waals surface area contributed by atoms with Gasteiger partial charge in [-0.2, -0.15) is 0 Å². The minimum atomic E-state index is -3.22. The van der Waals surface area contributed by atoms with Crippen molar-refractivity contribution in [3.05, 3.63) is 69.1 Å². The molecule has 12 heteroatoms. The van der Waals surface area contributed by atoms with Crippen molar-refractivity contribution >= 4 is 44.6 Å². The molecule has 1 aromatic heterocycles. The summed E-state index contributed by atoms with van der Waals surface area (Å²) >= 11 is 12.9. The molecule has 6 rings (SSSR count). The number of halogens is 3. The number of benzene rings is 2. The van der Waals surface area contributed by atoms with Gasteiger partial charge in [-0.3, -0.25) is 4.79 Å². The molecule has 1 amide bonds. The number of rotatable bonds is 10. The van der Waals surface area contributed by atoms with Crippen LogP contribution in [-0.2, 0) is 21.2 Å². The number of anilines is 1. The summed E-state index contributed by atoms with van der Waals surface area (Å²) in [5, 5.41) is 7.79. The Bertz CT molecular complexity index is 1560. The van der Waals surface area contributed by atoms with Crippen LogP contribution in [0.2, 0.25) is 10.0 Å². The Hall–Kier alpha value is -2.66. The molecule has 2 aliphatic carbocycles. The van der Waals surface area contributed by atoms with Crippen LogP contribution < -0.4 is 10.2 Å². The Labute approximate surface area is 241 Å². The highest BCUT2D eigenvalue weighted by molar-refractivity contribution is 7.90. The molecule has 8 nitrogen and oxygen atoms in total. The van der Waals surface area contributed by atoms with E-state index < -0.39 is 21.6 Å². The Morgan fingerprint density at radius 3 is 2.60 bits per heavy atom. The molecule has 1 N–H and O–H groups in total. The van der Waals surface area contributed by atoms with Gasteiger partial charge in [0.15, 0.2) is 0 Å². The summed E-state index contributed by atoms with van der Waals surface area (Å²) in [6, 6.07) is 10.1. The quantitative estimate of drug-likeness (QED) is 0.336.